The first-order valence-electron chi connectivity index (χ1n) is 6.39. The van der Waals surface area contributed by atoms with E-state index in [2.05, 4.69) is 5.32 Å². The van der Waals surface area contributed by atoms with Crippen LogP contribution in [0.5, 0.6) is 0 Å². The van der Waals surface area contributed by atoms with Crippen molar-refractivity contribution < 1.29 is 4.79 Å². The van der Waals surface area contributed by atoms with Gasteiger partial charge in [-0.1, -0.05) is 17.7 Å². The van der Waals surface area contributed by atoms with Crippen molar-refractivity contribution in [1.29, 1.82) is 0 Å². The molecule has 3 N–H and O–H groups in total. The summed E-state index contributed by atoms with van der Waals surface area (Å²) in [7, 11) is 0. The Balaban J connectivity index is 1.91. The number of hydrogen-bond acceptors (Lipinski definition) is 3. The number of nitrogen functional groups attached to an aromatic ring is 1. The third-order valence-corrected chi connectivity index (χ3v) is 4.56. The Bertz CT molecular complexity index is 841. The van der Waals surface area contributed by atoms with Crippen LogP contribution >= 0.6 is 22.9 Å². The molecule has 3 aromatic rings. The second-order valence-corrected chi connectivity index (χ2v) is 6.34. The second kappa shape index (κ2) is 5.39. The molecule has 0 spiro atoms. The molecular weight excluding hydrogens is 304 g/mol. The molecule has 0 bridgehead atoms. The molecule has 3 rings (SSSR count). The number of anilines is 2. The Morgan fingerprint density at radius 2 is 2.00 bits per heavy atom. The van der Waals surface area contributed by atoms with Crippen molar-refractivity contribution in [2.75, 3.05) is 11.1 Å². The number of amides is 1. The SMILES string of the molecule is Cc1ccc(Cl)cc1NC(=O)c1cc2cc(N)ccc2s1. The summed E-state index contributed by atoms with van der Waals surface area (Å²) in [6, 6.07) is 12.9. The van der Waals surface area contributed by atoms with E-state index in [4.69, 9.17) is 17.3 Å². The summed E-state index contributed by atoms with van der Waals surface area (Å²) < 4.78 is 1.04. The van der Waals surface area contributed by atoms with Gasteiger partial charge in [0.15, 0.2) is 0 Å². The van der Waals surface area contributed by atoms with Crippen LogP contribution in [-0.4, -0.2) is 5.91 Å². The molecule has 0 aliphatic heterocycles. The van der Waals surface area contributed by atoms with E-state index in [1.807, 2.05) is 37.3 Å². The fourth-order valence-electron chi connectivity index (χ4n) is 2.09. The minimum atomic E-state index is -0.139. The maximum absolute atomic E-state index is 12.4. The molecule has 0 aliphatic carbocycles. The van der Waals surface area contributed by atoms with Crippen molar-refractivity contribution in [1.82, 2.24) is 0 Å². The van der Waals surface area contributed by atoms with Crippen LogP contribution in [0, 0.1) is 6.92 Å². The van der Waals surface area contributed by atoms with Crippen molar-refractivity contribution in [3.05, 3.63) is 57.9 Å². The molecule has 21 heavy (non-hydrogen) atoms. The van der Waals surface area contributed by atoms with E-state index in [1.54, 1.807) is 12.1 Å². The van der Waals surface area contributed by atoms with Crippen LogP contribution in [0.3, 0.4) is 0 Å². The van der Waals surface area contributed by atoms with Crippen LogP contribution in [0.4, 0.5) is 11.4 Å². The number of hydrogen-bond donors (Lipinski definition) is 2. The fraction of sp³-hybridized carbons (Fsp3) is 0.0625. The van der Waals surface area contributed by atoms with Gasteiger partial charge in [0.1, 0.15) is 0 Å². The Morgan fingerprint density at radius 3 is 2.81 bits per heavy atom. The van der Waals surface area contributed by atoms with Gasteiger partial charge in [-0.05, 0) is 54.3 Å². The second-order valence-electron chi connectivity index (χ2n) is 4.82. The number of halogens is 1. The summed E-state index contributed by atoms with van der Waals surface area (Å²) in [6.07, 6.45) is 0. The number of benzene rings is 2. The Labute approximate surface area is 131 Å². The van der Waals surface area contributed by atoms with Crippen molar-refractivity contribution >= 4 is 50.3 Å². The molecule has 0 radical (unpaired) electrons. The lowest BCUT2D eigenvalue weighted by atomic mass is 10.2. The number of thiophene rings is 1. The molecule has 5 heteroatoms. The van der Waals surface area contributed by atoms with Crippen LogP contribution in [0.25, 0.3) is 10.1 Å². The average Bonchev–Trinajstić information content (AvgIpc) is 2.86. The number of fused-ring (bicyclic) bond motifs is 1. The molecule has 0 fully saturated rings. The molecule has 2 aromatic carbocycles. The molecule has 0 unspecified atom stereocenters. The van der Waals surface area contributed by atoms with Gasteiger partial charge in [0.2, 0.25) is 0 Å². The number of rotatable bonds is 2. The monoisotopic (exact) mass is 316 g/mol. The maximum Gasteiger partial charge on any atom is 0.265 e. The number of aryl methyl sites for hydroxylation is 1. The van der Waals surface area contributed by atoms with Crippen LogP contribution in [0.2, 0.25) is 5.02 Å². The van der Waals surface area contributed by atoms with E-state index >= 15 is 0 Å². The van der Waals surface area contributed by atoms with Crippen molar-refractivity contribution in [2.24, 2.45) is 0 Å². The fourth-order valence-corrected chi connectivity index (χ4v) is 3.20. The lowest BCUT2D eigenvalue weighted by molar-refractivity contribution is 0.103. The molecule has 1 amide bonds. The van der Waals surface area contributed by atoms with E-state index in [0.29, 0.717) is 15.6 Å². The lowest BCUT2D eigenvalue weighted by Gasteiger charge is -2.07. The van der Waals surface area contributed by atoms with E-state index in [-0.39, 0.29) is 5.91 Å². The first kappa shape index (κ1) is 13.9. The zero-order chi connectivity index (χ0) is 15.0. The van der Waals surface area contributed by atoms with Gasteiger partial charge in [-0.15, -0.1) is 11.3 Å². The van der Waals surface area contributed by atoms with E-state index in [0.717, 1.165) is 21.3 Å². The zero-order valence-electron chi connectivity index (χ0n) is 11.3. The van der Waals surface area contributed by atoms with Crippen LogP contribution in [-0.2, 0) is 0 Å². The molecule has 0 aliphatic rings. The van der Waals surface area contributed by atoms with E-state index < -0.39 is 0 Å². The van der Waals surface area contributed by atoms with E-state index in [9.17, 15) is 4.79 Å². The predicted molar refractivity (Wildman–Crippen MR) is 90.4 cm³/mol. The molecule has 106 valence electrons. The number of nitrogens with one attached hydrogen (secondary N) is 1. The largest absolute Gasteiger partial charge is 0.399 e. The Morgan fingerprint density at radius 1 is 1.19 bits per heavy atom. The van der Waals surface area contributed by atoms with Gasteiger partial charge >= 0.3 is 0 Å². The third-order valence-electron chi connectivity index (χ3n) is 3.21. The first-order chi connectivity index (χ1) is 10.0. The molecule has 0 atom stereocenters. The molecule has 3 nitrogen and oxygen atoms in total. The normalized spacial score (nSPS) is 10.8. The number of carbonyl (C=O) groups excluding carboxylic acids is 1. The molecule has 0 saturated carbocycles. The predicted octanol–water partition coefficient (Wildman–Crippen LogP) is 4.70. The van der Waals surface area contributed by atoms with Gasteiger partial charge in [0.25, 0.3) is 5.91 Å². The van der Waals surface area contributed by atoms with Crippen molar-refractivity contribution in [3.63, 3.8) is 0 Å². The maximum atomic E-state index is 12.4. The molecule has 0 saturated heterocycles. The lowest BCUT2D eigenvalue weighted by Crippen LogP contribution is -2.11. The Hall–Kier alpha value is -2.04. The third kappa shape index (κ3) is 2.86. The first-order valence-corrected chi connectivity index (χ1v) is 7.59. The highest BCUT2D eigenvalue weighted by molar-refractivity contribution is 7.20. The number of carbonyl (C=O) groups is 1. The number of nitrogens with two attached hydrogens (primary N) is 1. The summed E-state index contributed by atoms with van der Waals surface area (Å²) in [5.41, 5.74) is 8.15. The van der Waals surface area contributed by atoms with Gasteiger partial charge < -0.3 is 11.1 Å². The van der Waals surface area contributed by atoms with Gasteiger partial charge in [0.05, 0.1) is 4.88 Å². The van der Waals surface area contributed by atoms with Crippen molar-refractivity contribution in [3.8, 4) is 0 Å². The topological polar surface area (TPSA) is 55.1 Å². The summed E-state index contributed by atoms with van der Waals surface area (Å²) in [6.45, 7) is 1.93. The van der Waals surface area contributed by atoms with Gasteiger partial charge in [-0.25, -0.2) is 0 Å². The molecular formula is C16H13ClN2OS. The quantitative estimate of drug-likeness (QED) is 0.673. The zero-order valence-corrected chi connectivity index (χ0v) is 12.9. The molecule has 1 aromatic heterocycles. The summed E-state index contributed by atoms with van der Waals surface area (Å²) in [5.74, 6) is -0.139. The molecule has 1 heterocycles. The highest BCUT2D eigenvalue weighted by Gasteiger charge is 2.12. The van der Waals surface area contributed by atoms with Crippen LogP contribution in [0.1, 0.15) is 15.2 Å². The average molecular weight is 317 g/mol. The van der Waals surface area contributed by atoms with Gasteiger partial charge in [0, 0.05) is 21.1 Å². The smallest absolute Gasteiger partial charge is 0.265 e. The van der Waals surface area contributed by atoms with E-state index in [1.165, 1.54) is 11.3 Å². The summed E-state index contributed by atoms with van der Waals surface area (Å²) in [4.78, 5) is 13.0. The standard InChI is InChI=1S/C16H13ClN2OS/c1-9-2-3-11(17)8-13(9)19-16(20)15-7-10-6-12(18)4-5-14(10)21-15/h2-8H,18H2,1H3,(H,19,20). The highest BCUT2D eigenvalue weighted by atomic mass is 35.5. The minimum absolute atomic E-state index is 0.139. The van der Waals surface area contributed by atoms with Gasteiger partial charge in [-0.2, -0.15) is 0 Å². The van der Waals surface area contributed by atoms with Crippen molar-refractivity contribution in [2.45, 2.75) is 6.92 Å². The minimum Gasteiger partial charge on any atom is -0.399 e. The van der Waals surface area contributed by atoms with Crippen LogP contribution < -0.4 is 11.1 Å². The van der Waals surface area contributed by atoms with Crippen LogP contribution in [0.15, 0.2) is 42.5 Å². The highest BCUT2D eigenvalue weighted by Crippen LogP contribution is 2.28. The summed E-state index contributed by atoms with van der Waals surface area (Å²) >= 11 is 7.41. The Kier molecular flexibility index (Phi) is 3.57. The summed E-state index contributed by atoms with van der Waals surface area (Å²) in [5, 5.41) is 4.48. The van der Waals surface area contributed by atoms with Gasteiger partial charge in [-0.3, -0.25) is 4.79 Å².